The van der Waals surface area contributed by atoms with Gasteiger partial charge >= 0.3 is 0 Å². The first-order valence-electron chi connectivity index (χ1n) is 16.0. The van der Waals surface area contributed by atoms with Crippen LogP contribution in [-0.4, -0.2) is 26.8 Å². The Bertz CT molecular complexity index is 2840. The van der Waals surface area contributed by atoms with Crippen LogP contribution < -0.4 is 32.8 Å². The molecule has 0 aliphatic carbocycles. The Labute approximate surface area is 257 Å². The predicted molar refractivity (Wildman–Crippen MR) is 191 cm³/mol. The zero-order valence-corrected chi connectivity index (χ0v) is 24.1. The zero-order chi connectivity index (χ0) is 28.7. The number of hydrogen-bond donors (Lipinski definition) is 0. The van der Waals surface area contributed by atoms with Crippen molar-refractivity contribution in [3.05, 3.63) is 127 Å². The molecule has 0 fully saturated rings. The summed E-state index contributed by atoms with van der Waals surface area (Å²) in [7, 11) is 0. The fourth-order valence-corrected chi connectivity index (χ4v) is 9.95. The molecule has 0 bridgehead atoms. The Balaban J connectivity index is 1.43. The van der Waals surface area contributed by atoms with Gasteiger partial charge in [-0.3, -0.25) is 13.4 Å². The van der Waals surface area contributed by atoms with Gasteiger partial charge in [0.15, 0.2) is 0 Å². The van der Waals surface area contributed by atoms with Crippen molar-refractivity contribution < 1.29 is 0 Å². The van der Waals surface area contributed by atoms with E-state index in [2.05, 4.69) is 141 Å². The third-order valence-electron chi connectivity index (χ3n) is 11.4. The maximum atomic E-state index is 2.69. The SMILES string of the molecule is c1ccc(B2c3cccc4c3-n3c5c2c2cccc6c7ccc8c9cccc%10c(c3n(c%109)c8c7n5c26)B4c2ccccc2)cc1. The van der Waals surface area contributed by atoms with Crippen LogP contribution in [-0.2, 0) is 0 Å². The van der Waals surface area contributed by atoms with Crippen molar-refractivity contribution in [3.8, 4) is 5.69 Å². The summed E-state index contributed by atoms with van der Waals surface area (Å²) in [5, 5.41) is 8.11. The summed E-state index contributed by atoms with van der Waals surface area (Å²) < 4.78 is 7.99. The molecule has 2 aliphatic heterocycles. The van der Waals surface area contributed by atoms with E-state index in [9.17, 15) is 0 Å². The van der Waals surface area contributed by atoms with E-state index in [1.807, 2.05) is 0 Å². The predicted octanol–water partition coefficient (Wildman–Crippen LogP) is 4.72. The molecule has 45 heavy (non-hydrogen) atoms. The minimum absolute atomic E-state index is 0.131. The third kappa shape index (κ3) is 2.15. The van der Waals surface area contributed by atoms with E-state index in [4.69, 9.17) is 0 Å². The first-order valence-corrected chi connectivity index (χ1v) is 16.0. The van der Waals surface area contributed by atoms with E-state index in [1.54, 1.807) is 0 Å². The Morgan fingerprint density at radius 1 is 0.356 bits per heavy atom. The molecule has 0 saturated carbocycles. The van der Waals surface area contributed by atoms with Gasteiger partial charge in [0, 0.05) is 27.2 Å². The Hall–Kier alpha value is -5.67. The summed E-state index contributed by atoms with van der Waals surface area (Å²) in [5.74, 6) is 0. The highest BCUT2D eigenvalue weighted by atomic mass is 15.2. The lowest BCUT2D eigenvalue weighted by Gasteiger charge is -2.33. The van der Waals surface area contributed by atoms with Crippen LogP contribution in [0.4, 0.5) is 0 Å². The molecule has 202 valence electrons. The highest BCUT2D eigenvalue weighted by Crippen LogP contribution is 2.45. The lowest BCUT2D eigenvalue weighted by molar-refractivity contribution is 1.09. The van der Waals surface area contributed by atoms with Crippen LogP contribution in [0.25, 0.3) is 71.4 Å². The number of benzene rings is 6. The average molecular weight is 565 g/mol. The molecular formula is C40H21B2N3. The van der Waals surface area contributed by atoms with Crippen LogP contribution in [0.15, 0.2) is 127 Å². The minimum atomic E-state index is 0.131. The van der Waals surface area contributed by atoms with E-state index in [-0.39, 0.29) is 13.4 Å². The lowest BCUT2D eigenvalue weighted by atomic mass is 9.31. The fourth-order valence-electron chi connectivity index (χ4n) is 9.95. The normalized spacial score (nSPS) is 14.1. The summed E-state index contributed by atoms with van der Waals surface area (Å²) in [4.78, 5) is 0. The van der Waals surface area contributed by atoms with Crippen molar-refractivity contribution in [3.63, 3.8) is 0 Å². The summed E-state index contributed by atoms with van der Waals surface area (Å²) in [6.07, 6.45) is 0. The molecular weight excluding hydrogens is 544 g/mol. The van der Waals surface area contributed by atoms with Gasteiger partial charge in [0.2, 0.25) is 13.4 Å². The molecule has 7 heterocycles. The first-order chi connectivity index (χ1) is 22.4. The van der Waals surface area contributed by atoms with Gasteiger partial charge < -0.3 is 0 Å². The van der Waals surface area contributed by atoms with Gasteiger partial charge in [-0.1, -0.05) is 138 Å². The number of para-hydroxylation sites is 3. The molecule has 13 rings (SSSR count). The average Bonchev–Trinajstić information content (AvgIpc) is 3.80. The van der Waals surface area contributed by atoms with Crippen molar-refractivity contribution in [1.29, 1.82) is 0 Å². The Morgan fingerprint density at radius 3 is 1.27 bits per heavy atom. The molecule has 0 atom stereocenters. The van der Waals surface area contributed by atoms with Crippen molar-refractivity contribution in [2.24, 2.45) is 0 Å². The molecule has 3 nitrogen and oxygen atoms in total. The van der Waals surface area contributed by atoms with Gasteiger partial charge in [-0.2, -0.15) is 0 Å². The van der Waals surface area contributed by atoms with Crippen molar-refractivity contribution in [2.75, 3.05) is 0 Å². The summed E-state index contributed by atoms with van der Waals surface area (Å²) in [6, 6.07) is 48.2. The highest BCUT2D eigenvalue weighted by Gasteiger charge is 2.44. The standard InChI is InChI=1S/C40H21B2N3/c1-3-10-22(11-4-1)41-30-18-9-19-31-38(30)45-39-32(41)28-16-7-14-24-26-20-21-27-25-15-8-17-29-33(42(31)23-12-5-2-6-13-23)40(45)44(35(25)29)37(27)36(26)43(39)34(24)28/h1-21H. The van der Waals surface area contributed by atoms with Gasteiger partial charge in [0.25, 0.3) is 0 Å². The van der Waals surface area contributed by atoms with Crippen molar-refractivity contribution >= 4 is 112 Å². The van der Waals surface area contributed by atoms with Crippen LogP contribution >= 0.6 is 0 Å². The van der Waals surface area contributed by atoms with Gasteiger partial charge in [-0.25, -0.2) is 0 Å². The first kappa shape index (κ1) is 21.9. The van der Waals surface area contributed by atoms with E-state index < -0.39 is 0 Å². The number of nitrogens with zero attached hydrogens (tertiary/aromatic N) is 3. The second-order valence-corrected chi connectivity index (χ2v) is 13.2. The molecule has 0 amide bonds. The molecule has 2 aliphatic rings. The van der Waals surface area contributed by atoms with E-state index in [1.165, 1.54) is 104 Å². The molecule has 0 unspecified atom stereocenters. The molecule has 6 aromatic carbocycles. The number of rotatable bonds is 2. The summed E-state index contributed by atoms with van der Waals surface area (Å²) in [5.41, 5.74) is 17.7. The van der Waals surface area contributed by atoms with Crippen molar-refractivity contribution in [1.82, 2.24) is 13.4 Å². The molecule has 0 saturated heterocycles. The lowest BCUT2D eigenvalue weighted by Crippen LogP contribution is -2.63. The second-order valence-electron chi connectivity index (χ2n) is 13.2. The third-order valence-corrected chi connectivity index (χ3v) is 11.4. The quantitative estimate of drug-likeness (QED) is 0.270. The van der Waals surface area contributed by atoms with E-state index >= 15 is 0 Å². The van der Waals surface area contributed by atoms with E-state index in [0.717, 1.165) is 0 Å². The fraction of sp³-hybridized carbons (Fsp3) is 0. The smallest absolute Gasteiger partial charge is 0.249 e. The summed E-state index contributed by atoms with van der Waals surface area (Å²) >= 11 is 0. The van der Waals surface area contributed by atoms with Crippen LogP contribution in [0.5, 0.6) is 0 Å². The van der Waals surface area contributed by atoms with Crippen molar-refractivity contribution in [2.45, 2.75) is 0 Å². The largest absolute Gasteiger partial charge is 0.292 e. The van der Waals surface area contributed by atoms with Gasteiger partial charge in [0.05, 0.1) is 22.1 Å². The number of fused-ring (bicyclic) bond motifs is 4. The van der Waals surface area contributed by atoms with Crippen LogP contribution in [0.2, 0.25) is 0 Å². The maximum absolute atomic E-state index is 2.69. The molecule has 0 radical (unpaired) electrons. The molecule has 11 aromatic rings. The maximum Gasteiger partial charge on any atom is 0.249 e. The molecule has 0 spiro atoms. The summed E-state index contributed by atoms with van der Waals surface area (Å²) in [6.45, 7) is 0.263. The van der Waals surface area contributed by atoms with Gasteiger partial charge in [-0.15, -0.1) is 0 Å². The molecule has 0 N–H and O–H groups in total. The van der Waals surface area contributed by atoms with Crippen LogP contribution in [0.1, 0.15) is 0 Å². The number of aromatic nitrogens is 3. The Morgan fingerprint density at radius 2 is 0.778 bits per heavy atom. The molecule has 5 heteroatoms. The van der Waals surface area contributed by atoms with Crippen LogP contribution in [0.3, 0.4) is 0 Å². The molecule has 5 aromatic heterocycles. The highest BCUT2D eigenvalue weighted by molar-refractivity contribution is 7.03. The Kier molecular flexibility index (Phi) is 3.41. The topological polar surface area (TPSA) is 13.8 Å². The monoisotopic (exact) mass is 565 g/mol. The second kappa shape index (κ2) is 7.00. The van der Waals surface area contributed by atoms with Gasteiger partial charge in [0.1, 0.15) is 11.3 Å². The minimum Gasteiger partial charge on any atom is -0.292 e. The number of hydrogen-bond acceptors (Lipinski definition) is 0. The zero-order valence-electron chi connectivity index (χ0n) is 24.1. The van der Waals surface area contributed by atoms with E-state index in [0.29, 0.717) is 0 Å². The van der Waals surface area contributed by atoms with Gasteiger partial charge in [-0.05, 0) is 32.6 Å². The van der Waals surface area contributed by atoms with Crippen LogP contribution in [0, 0.1) is 0 Å².